The molecule has 1 N–H and O–H groups in total. The van der Waals surface area contributed by atoms with Crippen LogP contribution in [0.5, 0.6) is 0 Å². The summed E-state index contributed by atoms with van der Waals surface area (Å²) in [5, 5.41) is 9.64. The number of aliphatic hydroxyl groups excluding tert-OH is 1. The van der Waals surface area contributed by atoms with Crippen LogP contribution in [0.2, 0.25) is 0 Å². The van der Waals surface area contributed by atoms with Crippen molar-refractivity contribution in [3.8, 4) is 0 Å². The standard InChI is InChI=1S/C15H29NO/c1-16(2)15(12-6-4-3-5-7-12)13-8-10-14(17)11-9-13/h12-15,17H,3-11H2,1-2H3. The Morgan fingerprint density at radius 1 is 0.824 bits per heavy atom. The number of nitrogens with zero attached hydrogens (tertiary/aromatic N) is 1. The van der Waals surface area contributed by atoms with Gasteiger partial charge in [-0.15, -0.1) is 0 Å². The molecule has 2 saturated carbocycles. The van der Waals surface area contributed by atoms with Gasteiger partial charge < -0.3 is 10.0 Å². The van der Waals surface area contributed by atoms with E-state index in [0.29, 0.717) is 0 Å². The Labute approximate surface area is 106 Å². The van der Waals surface area contributed by atoms with Crippen molar-refractivity contribution in [1.29, 1.82) is 0 Å². The van der Waals surface area contributed by atoms with E-state index in [1.54, 1.807) is 0 Å². The Hall–Kier alpha value is -0.0800. The van der Waals surface area contributed by atoms with Gasteiger partial charge in [0, 0.05) is 6.04 Å². The third kappa shape index (κ3) is 3.45. The van der Waals surface area contributed by atoms with E-state index in [1.807, 2.05) is 0 Å². The summed E-state index contributed by atoms with van der Waals surface area (Å²) < 4.78 is 0. The average molecular weight is 239 g/mol. The maximum Gasteiger partial charge on any atom is 0.0540 e. The molecule has 0 saturated heterocycles. The van der Waals surface area contributed by atoms with Gasteiger partial charge in [0.2, 0.25) is 0 Å². The van der Waals surface area contributed by atoms with Gasteiger partial charge in [0.15, 0.2) is 0 Å². The van der Waals surface area contributed by atoms with Crippen molar-refractivity contribution in [2.75, 3.05) is 14.1 Å². The highest BCUT2D eigenvalue weighted by atomic mass is 16.3. The Bertz CT molecular complexity index is 215. The van der Waals surface area contributed by atoms with Crippen LogP contribution in [0.3, 0.4) is 0 Å². The van der Waals surface area contributed by atoms with Gasteiger partial charge in [0.25, 0.3) is 0 Å². The first-order valence-electron chi connectivity index (χ1n) is 7.53. The molecule has 0 aromatic carbocycles. The van der Waals surface area contributed by atoms with E-state index in [-0.39, 0.29) is 6.10 Å². The molecular weight excluding hydrogens is 210 g/mol. The molecule has 100 valence electrons. The van der Waals surface area contributed by atoms with E-state index < -0.39 is 0 Å². The van der Waals surface area contributed by atoms with Crippen LogP contribution in [0.4, 0.5) is 0 Å². The van der Waals surface area contributed by atoms with Crippen molar-refractivity contribution >= 4 is 0 Å². The van der Waals surface area contributed by atoms with Gasteiger partial charge in [-0.2, -0.15) is 0 Å². The number of aliphatic hydroxyl groups is 1. The molecule has 1 unspecified atom stereocenters. The van der Waals surface area contributed by atoms with Gasteiger partial charge in [-0.25, -0.2) is 0 Å². The molecule has 0 aliphatic heterocycles. The fraction of sp³-hybridized carbons (Fsp3) is 1.00. The zero-order valence-corrected chi connectivity index (χ0v) is 11.6. The first kappa shape index (κ1) is 13.4. The van der Waals surface area contributed by atoms with E-state index in [0.717, 1.165) is 30.7 Å². The maximum atomic E-state index is 9.64. The zero-order chi connectivity index (χ0) is 12.3. The third-order valence-corrected chi connectivity index (χ3v) is 4.95. The lowest BCUT2D eigenvalue weighted by Crippen LogP contribution is -2.44. The first-order chi connectivity index (χ1) is 8.18. The summed E-state index contributed by atoms with van der Waals surface area (Å²) >= 11 is 0. The number of hydrogen-bond acceptors (Lipinski definition) is 2. The van der Waals surface area contributed by atoms with Crippen molar-refractivity contribution in [3.05, 3.63) is 0 Å². The molecule has 2 heteroatoms. The lowest BCUT2D eigenvalue weighted by molar-refractivity contribution is 0.0482. The van der Waals surface area contributed by atoms with Crippen LogP contribution >= 0.6 is 0 Å². The highest BCUT2D eigenvalue weighted by Gasteiger charge is 2.34. The minimum absolute atomic E-state index is 0.0135. The van der Waals surface area contributed by atoms with Crippen LogP contribution < -0.4 is 0 Å². The largest absolute Gasteiger partial charge is 0.393 e. The smallest absolute Gasteiger partial charge is 0.0540 e. The Morgan fingerprint density at radius 2 is 1.35 bits per heavy atom. The molecule has 17 heavy (non-hydrogen) atoms. The molecule has 2 aliphatic rings. The lowest BCUT2D eigenvalue weighted by atomic mass is 9.73. The van der Waals surface area contributed by atoms with Gasteiger partial charge in [0.05, 0.1) is 6.10 Å². The summed E-state index contributed by atoms with van der Waals surface area (Å²) in [5.74, 6) is 1.75. The van der Waals surface area contributed by atoms with Crippen LogP contribution in [-0.2, 0) is 0 Å². The molecule has 0 aromatic heterocycles. The fourth-order valence-corrected chi connectivity index (χ4v) is 4.15. The Kier molecular flexibility index (Phi) is 4.87. The summed E-state index contributed by atoms with van der Waals surface area (Å²) in [7, 11) is 4.51. The fourth-order valence-electron chi connectivity index (χ4n) is 4.15. The predicted molar refractivity (Wildman–Crippen MR) is 72.0 cm³/mol. The molecule has 2 nitrogen and oxygen atoms in total. The average Bonchev–Trinajstić information content (AvgIpc) is 2.33. The van der Waals surface area contributed by atoms with Crippen LogP contribution in [0.25, 0.3) is 0 Å². The Balaban J connectivity index is 1.95. The monoisotopic (exact) mass is 239 g/mol. The highest BCUT2D eigenvalue weighted by Crippen LogP contribution is 2.37. The molecular formula is C15H29NO. The van der Waals surface area contributed by atoms with Crippen LogP contribution in [-0.4, -0.2) is 36.2 Å². The molecule has 2 rings (SSSR count). The van der Waals surface area contributed by atoms with Crippen molar-refractivity contribution < 1.29 is 5.11 Å². The van der Waals surface area contributed by atoms with Crippen LogP contribution in [0, 0.1) is 11.8 Å². The SMILES string of the molecule is CN(C)C(C1CCCCC1)C1CCC(O)CC1. The second-order valence-corrected chi connectivity index (χ2v) is 6.42. The van der Waals surface area contributed by atoms with E-state index in [1.165, 1.54) is 44.9 Å². The summed E-state index contributed by atoms with van der Waals surface area (Å²) in [6.45, 7) is 0. The molecule has 0 bridgehead atoms. The second-order valence-electron chi connectivity index (χ2n) is 6.42. The summed E-state index contributed by atoms with van der Waals surface area (Å²) in [4.78, 5) is 2.47. The van der Waals surface area contributed by atoms with Crippen molar-refractivity contribution in [3.63, 3.8) is 0 Å². The van der Waals surface area contributed by atoms with Crippen molar-refractivity contribution in [2.45, 2.75) is 69.9 Å². The normalized spacial score (nSPS) is 33.9. The van der Waals surface area contributed by atoms with Crippen molar-refractivity contribution in [1.82, 2.24) is 4.90 Å². The number of hydrogen-bond donors (Lipinski definition) is 1. The molecule has 0 amide bonds. The van der Waals surface area contributed by atoms with Crippen molar-refractivity contribution in [2.24, 2.45) is 11.8 Å². The van der Waals surface area contributed by atoms with E-state index >= 15 is 0 Å². The van der Waals surface area contributed by atoms with Gasteiger partial charge in [0.1, 0.15) is 0 Å². The molecule has 1 atom stereocenters. The third-order valence-electron chi connectivity index (χ3n) is 4.95. The van der Waals surface area contributed by atoms with Gasteiger partial charge >= 0.3 is 0 Å². The molecule has 0 radical (unpaired) electrons. The summed E-state index contributed by atoms with van der Waals surface area (Å²) in [6, 6.07) is 0.766. The minimum Gasteiger partial charge on any atom is -0.393 e. The van der Waals surface area contributed by atoms with Crippen LogP contribution in [0.15, 0.2) is 0 Å². The topological polar surface area (TPSA) is 23.5 Å². The lowest BCUT2D eigenvalue weighted by Gasteiger charge is -2.42. The van der Waals surface area contributed by atoms with Gasteiger partial charge in [-0.3, -0.25) is 0 Å². The molecule has 2 fully saturated rings. The predicted octanol–water partition coefficient (Wildman–Crippen LogP) is 3.05. The summed E-state index contributed by atoms with van der Waals surface area (Å²) in [5.41, 5.74) is 0. The molecule has 0 spiro atoms. The number of rotatable bonds is 3. The van der Waals surface area contributed by atoms with E-state index in [2.05, 4.69) is 19.0 Å². The van der Waals surface area contributed by atoms with Gasteiger partial charge in [-0.1, -0.05) is 19.3 Å². The highest BCUT2D eigenvalue weighted by molar-refractivity contribution is 4.87. The van der Waals surface area contributed by atoms with Gasteiger partial charge in [-0.05, 0) is 64.5 Å². The van der Waals surface area contributed by atoms with E-state index in [4.69, 9.17) is 0 Å². The minimum atomic E-state index is -0.0135. The zero-order valence-electron chi connectivity index (χ0n) is 11.6. The Morgan fingerprint density at radius 3 is 1.88 bits per heavy atom. The molecule has 2 aliphatic carbocycles. The summed E-state index contributed by atoms with van der Waals surface area (Å²) in [6.07, 6.45) is 11.7. The quantitative estimate of drug-likeness (QED) is 0.818. The molecule has 0 heterocycles. The van der Waals surface area contributed by atoms with E-state index in [9.17, 15) is 5.11 Å². The second kappa shape index (κ2) is 6.19. The molecule has 0 aromatic rings. The van der Waals surface area contributed by atoms with Crippen LogP contribution in [0.1, 0.15) is 57.8 Å². The maximum absolute atomic E-state index is 9.64. The first-order valence-corrected chi connectivity index (χ1v) is 7.53.